The summed E-state index contributed by atoms with van der Waals surface area (Å²) in [5.41, 5.74) is 0.598. The summed E-state index contributed by atoms with van der Waals surface area (Å²) in [6, 6.07) is 6.15. The van der Waals surface area contributed by atoms with Gasteiger partial charge in [-0.3, -0.25) is 13.9 Å². The molecular formula is C23H28FN4O4S-. The number of aromatic nitrogens is 2. The van der Waals surface area contributed by atoms with Crippen molar-refractivity contribution in [1.82, 2.24) is 14.9 Å². The SMILES string of the molecule is COC(=O)C1(C(N2CCN(c3ncc(-c4ccc(F)cc4)cn3)CC2)S(=O)[O-])CCCCC1. The number of ether oxygens (including phenoxy) is 1. The van der Waals surface area contributed by atoms with Crippen LogP contribution in [0, 0.1) is 11.2 Å². The summed E-state index contributed by atoms with van der Waals surface area (Å²) in [6.45, 7) is 2.03. The van der Waals surface area contributed by atoms with Crippen LogP contribution < -0.4 is 4.90 Å². The first-order valence-corrected chi connectivity index (χ1v) is 12.3. The topological polar surface area (TPSA) is 98.7 Å². The lowest BCUT2D eigenvalue weighted by molar-refractivity contribution is -0.158. The Labute approximate surface area is 195 Å². The van der Waals surface area contributed by atoms with Crippen LogP contribution in [0.5, 0.6) is 0 Å². The molecular weight excluding hydrogens is 447 g/mol. The van der Waals surface area contributed by atoms with E-state index in [-0.39, 0.29) is 5.82 Å². The summed E-state index contributed by atoms with van der Waals surface area (Å²) in [4.78, 5) is 25.6. The number of piperazine rings is 1. The Morgan fingerprint density at radius 2 is 1.67 bits per heavy atom. The minimum Gasteiger partial charge on any atom is -0.771 e. The number of esters is 1. The van der Waals surface area contributed by atoms with E-state index in [1.54, 1.807) is 24.5 Å². The smallest absolute Gasteiger partial charge is 0.314 e. The zero-order valence-corrected chi connectivity index (χ0v) is 19.4. The van der Waals surface area contributed by atoms with Crippen molar-refractivity contribution in [1.29, 1.82) is 0 Å². The molecule has 0 radical (unpaired) electrons. The molecule has 0 amide bonds. The summed E-state index contributed by atoms with van der Waals surface area (Å²) < 4.78 is 42.9. The largest absolute Gasteiger partial charge is 0.771 e. The molecule has 2 fully saturated rings. The Bertz CT molecular complexity index is 975. The highest BCUT2D eigenvalue weighted by Gasteiger charge is 2.50. The number of hydrogen-bond donors (Lipinski definition) is 0. The zero-order valence-electron chi connectivity index (χ0n) is 18.6. The van der Waals surface area contributed by atoms with Crippen molar-refractivity contribution in [3.63, 3.8) is 0 Å². The van der Waals surface area contributed by atoms with Crippen molar-refractivity contribution in [3.05, 3.63) is 42.5 Å². The van der Waals surface area contributed by atoms with E-state index in [0.717, 1.165) is 30.4 Å². The van der Waals surface area contributed by atoms with Crippen LogP contribution in [0.2, 0.25) is 0 Å². The number of carbonyl (C=O) groups is 1. The van der Waals surface area contributed by atoms with Gasteiger partial charge in [-0.05, 0) is 41.6 Å². The van der Waals surface area contributed by atoms with Gasteiger partial charge in [0.2, 0.25) is 5.95 Å². The molecule has 2 heterocycles. The number of anilines is 1. The maximum atomic E-state index is 13.1. The van der Waals surface area contributed by atoms with Crippen molar-refractivity contribution in [2.75, 3.05) is 38.2 Å². The molecule has 2 atom stereocenters. The van der Waals surface area contributed by atoms with Gasteiger partial charge in [-0.25, -0.2) is 14.4 Å². The average molecular weight is 476 g/mol. The van der Waals surface area contributed by atoms with E-state index >= 15 is 0 Å². The fraction of sp³-hybridized carbons (Fsp3) is 0.522. The zero-order chi connectivity index (χ0) is 23.4. The predicted octanol–water partition coefficient (Wildman–Crippen LogP) is 2.73. The van der Waals surface area contributed by atoms with Gasteiger partial charge in [0.05, 0.1) is 17.9 Å². The standard InChI is InChI=1S/C23H29FN4O4S/c1-32-21(29)23(9-3-2-4-10-23)20(33(30)31)27-11-13-28(14-12-27)22-25-15-18(16-26-22)17-5-7-19(24)8-6-17/h5-8,15-16,20H,2-4,9-14H2,1H3,(H,30,31)/p-1. The Kier molecular flexibility index (Phi) is 7.35. The van der Waals surface area contributed by atoms with Gasteiger partial charge in [0, 0.05) is 44.1 Å². The van der Waals surface area contributed by atoms with Gasteiger partial charge < -0.3 is 14.2 Å². The highest BCUT2D eigenvalue weighted by Crippen LogP contribution is 2.43. The molecule has 8 nitrogen and oxygen atoms in total. The second-order valence-corrected chi connectivity index (χ2v) is 9.59. The Balaban J connectivity index is 1.46. The minimum absolute atomic E-state index is 0.298. The number of nitrogens with zero attached hydrogens (tertiary/aromatic N) is 4. The van der Waals surface area contributed by atoms with Crippen molar-refractivity contribution >= 4 is 23.0 Å². The number of hydrogen-bond acceptors (Lipinski definition) is 8. The monoisotopic (exact) mass is 475 g/mol. The summed E-state index contributed by atoms with van der Waals surface area (Å²) >= 11 is -2.44. The van der Waals surface area contributed by atoms with Crippen LogP contribution in [0.3, 0.4) is 0 Å². The van der Waals surface area contributed by atoms with Gasteiger partial charge in [-0.15, -0.1) is 0 Å². The lowest BCUT2D eigenvalue weighted by Crippen LogP contribution is -2.60. The molecule has 1 saturated heterocycles. The van der Waals surface area contributed by atoms with Crippen LogP contribution in [0.1, 0.15) is 32.1 Å². The van der Waals surface area contributed by atoms with Gasteiger partial charge in [0.1, 0.15) is 5.82 Å². The molecule has 0 bridgehead atoms. The number of rotatable bonds is 6. The fourth-order valence-corrected chi connectivity index (χ4v) is 6.18. The normalized spacial score (nSPS) is 20.8. The van der Waals surface area contributed by atoms with Crippen molar-refractivity contribution in [2.45, 2.75) is 37.5 Å². The average Bonchev–Trinajstić information content (AvgIpc) is 2.85. The first-order chi connectivity index (χ1) is 15.9. The second-order valence-electron chi connectivity index (χ2n) is 8.62. The summed E-state index contributed by atoms with van der Waals surface area (Å²) in [5.74, 6) is -0.173. The maximum Gasteiger partial charge on any atom is 0.314 e. The van der Waals surface area contributed by atoms with Gasteiger partial charge >= 0.3 is 5.97 Å². The first-order valence-electron chi connectivity index (χ1n) is 11.2. The Morgan fingerprint density at radius 3 is 2.21 bits per heavy atom. The third-order valence-corrected chi connectivity index (χ3v) is 7.85. The Hall–Kier alpha value is -2.43. The number of halogens is 1. The molecule has 0 spiro atoms. The number of carbonyl (C=O) groups excluding carboxylic acids is 1. The third-order valence-electron chi connectivity index (χ3n) is 6.74. The van der Waals surface area contributed by atoms with Crippen LogP contribution in [-0.2, 0) is 20.6 Å². The molecule has 4 rings (SSSR count). The van der Waals surface area contributed by atoms with Crippen LogP contribution in [-0.4, -0.2) is 68.3 Å². The molecule has 1 aliphatic heterocycles. The van der Waals surface area contributed by atoms with Crippen LogP contribution in [0.4, 0.5) is 10.3 Å². The molecule has 178 valence electrons. The van der Waals surface area contributed by atoms with Crippen LogP contribution in [0.25, 0.3) is 11.1 Å². The Morgan fingerprint density at radius 1 is 1.06 bits per heavy atom. The number of methoxy groups -OCH3 is 1. The molecule has 1 saturated carbocycles. The second kappa shape index (κ2) is 10.2. The molecule has 10 heteroatoms. The quantitative estimate of drug-likeness (QED) is 0.465. The molecule has 1 aliphatic carbocycles. The van der Waals surface area contributed by atoms with Crippen molar-refractivity contribution in [2.24, 2.45) is 5.41 Å². The van der Waals surface area contributed by atoms with E-state index in [0.29, 0.717) is 45.0 Å². The van der Waals surface area contributed by atoms with Crippen LogP contribution >= 0.6 is 0 Å². The molecule has 1 aromatic heterocycles. The molecule has 2 unspecified atom stereocenters. The summed E-state index contributed by atoms with van der Waals surface area (Å²) in [6.07, 6.45) is 7.07. The van der Waals surface area contributed by atoms with Crippen molar-refractivity contribution < 1.29 is 22.7 Å². The number of benzene rings is 1. The lowest BCUT2D eigenvalue weighted by atomic mass is 9.73. The van der Waals surface area contributed by atoms with E-state index in [9.17, 15) is 17.9 Å². The van der Waals surface area contributed by atoms with E-state index in [1.807, 2.05) is 9.80 Å². The van der Waals surface area contributed by atoms with Gasteiger partial charge in [-0.2, -0.15) is 0 Å². The molecule has 1 aromatic carbocycles. The fourth-order valence-electron chi connectivity index (χ4n) is 5.03. The first kappa shape index (κ1) is 23.7. The maximum absolute atomic E-state index is 13.1. The molecule has 2 aromatic rings. The van der Waals surface area contributed by atoms with Crippen molar-refractivity contribution in [3.8, 4) is 11.1 Å². The van der Waals surface area contributed by atoms with Gasteiger partial charge in [0.25, 0.3) is 0 Å². The highest BCUT2D eigenvalue weighted by molar-refractivity contribution is 7.79. The molecule has 2 aliphatic rings. The van der Waals surface area contributed by atoms with Gasteiger partial charge in [0.15, 0.2) is 0 Å². The summed E-state index contributed by atoms with van der Waals surface area (Å²) in [5, 5.41) is -0.908. The van der Waals surface area contributed by atoms with E-state index < -0.39 is 27.8 Å². The molecule has 0 N–H and O–H groups in total. The van der Waals surface area contributed by atoms with E-state index in [2.05, 4.69) is 9.97 Å². The lowest BCUT2D eigenvalue weighted by Gasteiger charge is -2.49. The third kappa shape index (κ3) is 4.92. The van der Waals surface area contributed by atoms with E-state index in [1.165, 1.54) is 19.2 Å². The van der Waals surface area contributed by atoms with E-state index in [4.69, 9.17) is 4.74 Å². The summed E-state index contributed by atoms with van der Waals surface area (Å²) in [7, 11) is 1.33. The molecule has 33 heavy (non-hydrogen) atoms. The highest BCUT2D eigenvalue weighted by atomic mass is 32.2. The predicted molar refractivity (Wildman–Crippen MR) is 121 cm³/mol. The van der Waals surface area contributed by atoms with Gasteiger partial charge in [-0.1, -0.05) is 31.4 Å². The van der Waals surface area contributed by atoms with Crippen LogP contribution in [0.15, 0.2) is 36.7 Å². The minimum atomic E-state index is -2.44.